The van der Waals surface area contributed by atoms with E-state index in [0.29, 0.717) is 17.9 Å². The summed E-state index contributed by atoms with van der Waals surface area (Å²) in [7, 11) is 0. The number of nitro groups is 1. The summed E-state index contributed by atoms with van der Waals surface area (Å²) < 4.78 is 0. The van der Waals surface area contributed by atoms with Gasteiger partial charge in [-0.3, -0.25) is 10.1 Å². The Morgan fingerprint density at radius 2 is 1.94 bits per heavy atom. The number of anilines is 1. The number of hydrogen-bond acceptors (Lipinski definition) is 3. The molecule has 0 aliphatic heterocycles. The summed E-state index contributed by atoms with van der Waals surface area (Å²) >= 11 is 0. The Morgan fingerprint density at radius 3 is 2.56 bits per heavy atom. The van der Waals surface area contributed by atoms with Crippen molar-refractivity contribution in [1.82, 2.24) is 0 Å². The van der Waals surface area contributed by atoms with Gasteiger partial charge in [0.25, 0.3) is 5.69 Å². The van der Waals surface area contributed by atoms with Crippen molar-refractivity contribution in [2.75, 3.05) is 5.32 Å². The molecule has 98 valence electrons. The van der Waals surface area contributed by atoms with E-state index in [0.717, 1.165) is 5.69 Å². The fraction of sp³-hybridized carbons (Fsp3) is 0.571. The molecule has 0 heterocycles. The third-order valence-electron chi connectivity index (χ3n) is 3.94. The molecule has 1 aliphatic rings. The first-order valence-corrected chi connectivity index (χ1v) is 6.59. The predicted octanol–water partition coefficient (Wildman–Crippen LogP) is 3.83. The first kappa shape index (κ1) is 12.9. The van der Waals surface area contributed by atoms with Crippen LogP contribution in [0.3, 0.4) is 0 Å². The minimum absolute atomic E-state index is 0.149. The molecule has 4 heteroatoms. The zero-order valence-electron chi connectivity index (χ0n) is 10.9. The molecule has 1 aliphatic carbocycles. The van der Waals surface area contributed by atoms with Gasteiger partial charge in [-0.15, -0.1) is 0 Å². The van der Waals surface area contributed by atoms with Gasteiger partial charge in [-0.2, -0.15) is 0 Å². The minimum atomic E-state index is -0.348. The predicted molar refractivity (Wildman–Crippen MR) is 72.7 cm³/mol. The van der Waals surface area contributed by atoms with Gasteiger partial charge in [0, 0.05) is 23.9 Å². The van der Waals surface area contributed by atoms with Crippen LogP contribution in [0.4, 0.5) is 11.4 Å². The lowest BCUT2D eigenvalue weighted by atomic mass is 9.78. The second kappa shape index (κ2) is 5.38. The lowest BCUT2D eigenvalue weighted by Gasteiger charge is -2.35. The van der Waals surface area contributed by atoms with Crippen molar-refractivity contribution < 1.29 is 4.92 Å². The summed E-state index contributed by atoms with van der Waals surface area (Å²) in [6.45, 7) is 4.51. The highest BCUT2D eigenvalue weighted by molar-refractivity contribution is 5.51. The van der Waals surface area contributed by atoms with E-state index in [-0.39, 0.29) is 10.6 Å². The van der Waals surface area contributed by atoms with Crippen molar-refractivity contribution in [2.45, 2.75) is 39.2 Å². The number of hydrogen-bond donors (Lipinski definition) is 1. The molecular weight excluding hydrogens is 228 g/mol. The van der Waals surface area contributed by atoms with Gasteiger partial charge in [0.05, 0.1) is 4.92 Å². The molecule has 2 rings (SSSR count). The molecule has 1 fully saturated rings. The van der Waals surface area contributed by atoms with Gasteiger partial charge < -0.3 is 5.32 Å². The maximum absolute atomic E-state index is 10.8. The molecule has 0 spiro atoms. The fourth-order valence-corrected chi connectivity index (χ4v) is 2.87. The lowest BCUT2D eigenvalue weighted by Crippen LogP contribution is -2.37. The van der Waals surface area contributed by atoms with Crippen LogP contribution in [0.15, 0.2) is 24.3 Å². The van der Waals surface area contributed by atoms with Crippen LogP contribution in [-0.4, -0.2) is 11.0 Å². The van der Waals surface area contributed by atoms with E-state index in [1.54, 1.807) is 12.1 Å². The van der Waals surface area contributed by atoms with E-state index in [2.05, 4.69) is 19.2 Å². The van der Waals surface area contributed by atoms with Crippen LogP contribution in [0.2, 0.25) is 0 Å². The number of rotatable bonds is 3. The molecule has 0 aromatic heterocycles. The molecule has 1 saturated carbocycles. The van der Waals surface area contributed by atoms with E-state index in [1.165, 1.54) is 25.3 Å². The highest BCUT2D eigenvalue weighted by atomic mass is 16.6. The molecule has 1 aromatic carbocycles. The fourth-order valence-electron chi connectivity index (χ4n) is 2.87. The van der Waals surface area contributed by atoms with Crippen LogP contribution < -0.4 is 5.32 Å². The molecular formula is C14H20N2O2. The molecule has 2 unspecified atom stereocenters. The number of nitrogens with one attached hydrogen (secondary N) is 1. The summed E-state index contributed by atoms with van der Waals surface area (Å²) in [6.07, 6.45) is 3.75. The average molecular weight is 248 g/mol. The Labute approximate surface area is 108 Å². The Balaban J connectivity index is 2.12. The maximum atomic E-state index is 10.8. The Kier molecular flexibility index (Phi) is 3.84. The van der Waals surface area contributed by atoms with Crippen molar-refractivity contribution in [2.24, 2.45) is 11.8 Å². The summed E-state index contributed by atoms with van der Waals surface area (Å²) in [4.78, 5) is 10.4. The molecule has 0 amide bonds. The van der Waals surface area contributed by atoms with Crippen LogP contribution in [0.1, 0.15) is 33.1 Å². The standard InChI is InChI=1S/C14H20N2O2/c1-10-5-3-6-11(2)14(10)15-12-7-4-8-13(9-12)16(17)18/h4,7-11,14-15H,3,5-6H2,1-2H3. The van der Waals surface area contributed by atoms with Gasteiger partial charge in [0.15, 0.2) is 0 Å². The van der Waals surface area contributed by atoms with Gasteiger partial charge in [-0.05, 0) is 30.7 Å². The maximum Gasteiger partial charge on any atom is 0.271 e. The monoisotopic (exact) mass is 248 g/mol. The van der Waals surface area contributed by atoms with Gasteiger partial charge in [-0.25, -0.2) is 0 Å². The second-order valence-electron chi connectivity index (χ2n) is 5.36. The zero-order chi connectivity index (χ0) is 13.1. The number of nitro benzene ring substituents is 1. The highest BCUT2D eigenvalue weighted by Gasteiger charge is 2.27. The minimum Gasteiger partial charge on any atom is -0.382 e. The normalized spacial score (nSPS) is 27.8. The van der Waals surface area contributed by atoms with E-state index < -0.39 is 0 Å². The molecule has 18 heavy (non-hydrogen) atoms. The first-order valence-electron chi connectivity index (χ1n) is 6.59. The molecule has 0 radical (unpaired) electrons. The van der Waals surface area contributed by atoms with Gasteiger partial charge in [0.2, 0.25) is 0 Å². The zero-order valence-corrected chi connectivity index (χ0v) is 10.9. The summed E-state index contributed by atoms with van der Waals surface area (Å²) in [5.74, 6) is 1.24. The van der Waals surface area contributed by atoms with Crippen LogP contribution >= 0.6 is 0 Å². The Hall–Kier alpha value is -1.58. The number of nitrogens with zero attached hydrogens (tertiary/aromatic N) is 1. The number of non-ortho nitro benzene ring substituents is 1. The highest BCUT2D eigenvalue weighted by Crippen LogP contribution is 2.31. The van der Waals surface area contributed by atoms with Crippen LogP contribution in [-0.2, 0) is 0 Å². The average Bonchev–Trinajstić information content (AvgIpc) is 2.34. The first-order chi connectivity index (χ1) is 8.58. The SMILES string of the molecule is CC1CCCC(C)C1Nc1cccc([N+](=O)[O-])c1. The molecule has 4 nitrogen and oxygen atoms in total. The van der Waals surface area contributed by atoms with E-state index >= 15 is 0 Å². The summed E-state index contributed by atoms with van der Waals surface area (Å²) in [5.41, 5.74) is 1.01. The van der Waals surface area contributed by atoms with Crippen molar-refractivity contribution in [3.05, 3.63) is 34.4 Å². The quantitative estimate of drug-likeness (QED) is 0.653. The van der Waals surface area contributed by atoms with Crippen molar-refractivity contribution in [1.29, 1.82) is 0 Å². The van der Waals surface area contributed by atoms with Gasteiger partial charge in [-0.1, -0.05) is 26.3 Å². The lowest BCUT2D eigenvalue weighted by molar-refractivity contribution is -0.384. The molecule has 0 bridgehead atoms. The molecule has 0 saturated heterocycles. The van der Waals surface area contributed by atoms with Crippen LogP contribution in [0, 0.1) is 22.0 Å². The third-order valence-corrected chi connectivity index (χ3v) is 3.94. The topological polar surface area (TPSA) is 55.2 Å². The van der Waals surface area contributed by atoms with E-state index in [9.17, 15) is 10.1 Å². The molecule has 1 aromatic rings. The Bertz CT molecular complexity index is 424. The van der Waals surface area contributed by atoms with Crippen molar-refractivity contribution in [3.8, 4) is 0 Å². The number of benzene rings is 1. The van der Waals surface area contributed by atoms with Crippen molar-refractivity contribution in [3.63, 3.8) is 0 Å². The third kappa shape index (κ3) is 2.81. The van der Waals surface area contributed by atoms with Crippen LogP contribution in [0.25, 0.3) is 0 Å². The smallest absolute Gasteiger partial charge is 0.271 e. The van der Waals surface area contributed by atoms with E-state index in [4.69, 9.17) is 0 Å². The summed E-state index contributed by atoms with van der Waals surface area (Å²) in [5, 5.41) is 14.2. The largest absolute Gasteiger partial charge is 0.382 e. The second-order valence-corrected chi connectivity index (χ2v) is 5.36. The Morgan fingerprint density at radius 1 is 1.28 bits per heavy atom. The van der Waals surface area contributed by atoms with Crippen LogP contribution in [0.5, 0.6) is 0 Å². The summed E-state index contributed by atoms with van der Waals surface area (Å²) in [6, 6.07) is 7.20. The van der Waals surface area contributed by atoms with Gasteiger partial charge in [0.1, 0.15) is 0 Å². The molecule has 2 atom stereocenters. The molecule has 1 N–H and O–H groups in total. The van der Waals surface area contributed by atoms with E-state index in [1.807, 2.05) is 6.07 Å². The van der Waals surface area contributed by atoms with Gasteiger partial charge >= 0.3 is 0 Å². The van der Waals surface area contributed by atoms with Crippen molar-refractivity contribution >= 4 is 11.4 Å².